The summed E-state index contributed by atoms with van der Waals surface area (Å²) in [6.07, 6.45) is 7.02. The van der Waals surface area contributed by atoms with Crippen molar-refractivity contribution in [3.8, 4) is 0 Å². The van der Waals surface area contributed by atoms with E-state index in [1.807, 2.05) is 13.8 Å². The highest BCUT2D eigenvalue weighted by Gasteiger charge is 2.40. The Kier molecular flexibility index (Phi) is 1.55. The summed E-state index contributed by atoms with van der Waals surface area (Å²) >= 11 is 0. The summed E-state index contributed by atoms with van der Waals surface area (Å²) in [5.41, 5.74) is 0. The minimum Gasteiger partial charge on any atom is -0.344 e. The molecule has 62 valence electrons. The van der Waals surface area contributed by atoms with Gasteiger partial charge in [0.15, 0.2) is 5.79 Å². The summed E-state index contributed by atoms with van der Waals surface area (Å²) in [5.74, 6) is -0.371. The third kappa shape index (κ3) is 1.33. The Hall–Kier alpha value is -0.340. The molecule has 1 aliphatic heterocycles. The summed E-state index contributed by atoms with van der Waals surface area (Å²) in [7, 11) is 0. The second-order valence-electron chi connectivity index (χ2n) is 3.64. The molecule has 2 rings (SSSR count). The molecular weight excluding hydrogens is 140 g/mol. The molecule has 0 aromatic carbocycles. The Labute approximate surface area is 67.2 Å². The van der Waals surface area contributed by atoms with Crippen LogP contribution in [0.4, 0.5) is 0 Å². The van der Waals surface area contributed by atoms with Gasteiger partial charge in [0.1, 0.15) is 6.10 Å². The fourth-order valence-corrected chi connectivity index (χ4v) is 1.74. The van der Waals surface area contributed by atoms with Crippen LogP contribution in [0.5, 0.6) is 0 Å². The maximum atomic E-state index is 5.68. The molecule has 2 atom stereocenters. The number of allylic oxidation sites excluding steroid dienone is 1. The zero-order valence-electron chi connectivity index (χ0n) is 7.04. The zero-order chi connectivity index (χ0) is 7.90. The van der Waals surface area contributed by atoms with Gasteiger partial charge in [0.25, 0.3) is 0 Å². The maximum Gasteiger partial charge on any atom is 0.164 e. The third-order valence-corrected chi connectivity index (χ3v) is 2.17. The molecule has 0 saturated carbocycles. The van der Waals surface area contributed by atoms with E-state index in [2.05, 4.69) is 12.2 Å². The number of hydrogen-bond acceptors (Lipinski definition) is 2. The largest absolute Gasteiger partial charge is 0.344 e. The van der Waals surface area contributed by atoms with Gasteiger partial charge in [0.05, 0.1) is 6.10 Å². The normalized spacial score (nSPS) is 40.5. The van der Waals surface area contributed by atoms with E-state index >= 15 is 0 Å². The smallest absolute Gasteiger partial charge is 0.164 e. The van der Waals surface area contributed by atoms with Gasteiger partial charge in [-0.05, 0) is 26.7 Å². The van der Waals surface area contributed by atoms with Gasteiger partial charge in [-0.25, -0.2) is 0 Å². The highest BCUT2D eigenvalue weighted by atomic mass is 16.7. The fraction of sp³-hybridized carbons (Fsp3) is 0.778. The molecule has 0 aromatic heterocycles. The monoisotopic (exact) mass is 154 g/mol. The summed E-state index contributed by atoms with van der Waals surface area (Å²) in [6, 6.07) is 0. The molecule has 0 radical (unpaired) electrons. The quantitative estimate of drug-likeness (QED) is 0.496. The molecular formula is C9H14O2. The van der Waals surface area contributed by atoms with Gasteiger partial charge in [-0.1, -0.05) is 12.2 Å². The van der Waals surface area contributed by atoms with Crippen LogP contribution in [0, 0.1) is 0 Å². The van der Waals surface area contributed by atoms with Crippen molar-refractivity contribution in [3.63, 3.8) is 0 Å². The lowest BCUT2D eigenvalue weighted by Gasteiger charge is -2.16. The summed E-state index contributed by atoms with van der Waals surface area (Å²) < 4.78 is 11.3. The van der Waals surface area contributed by atoms with E-state index in [9.17, 15) is 0 Å². The molecule has 11 heavy (non-hydrogen) atoms. The molecule has 1 aliphatic carbocycles. The van der Waals surface area contributed by atoms with Crippen molar-refractivity contribution in [3.05, 3.63) is 12.2 Å². The Bertz CT molecular complexity index is 184. The summed E-state index contributed by atoms with van der Waals surface area (Å²) in [4.78, 5) is 0. The standard InChI is InChI=1S/C9H14O2/c1-9(2)10-7-5-3-4-6-8(7)11-9/h3,5,7-8H,4,6H2,1-2H3/t7-,8+/m0/s1. The number of hydrogen-bond donors (Lipinski definition) is 0. The lowest BCUT2D eigenvalue weighted by Crippen LogP contribution is -2.22. The van der Waals surface area contributed by atoms with Gasteiger partial charge in [0.2, 0.25) is 0 Å². The van der Waals surface area contributed by atoms with Crippen LogP contribution in [0.25, 0.3) is 0 Å². The van der Waals surface area contributed by atoms with Crippen molar-refractivity contribution in [2.45, 2.75) is 44.7 Å². The van der Waals surface area contributed by atoms with Crippen molar-refractivity contribution >= 4 is 0 Å². The SMILES string of the molecule is CC1(C)O[C@H]2C=CCC[C@H]2O1. The first kappa shape index (κ1) is 7.32. The van der Waals surface area contributed by atoms with Crippen molar-refractivity contribution in [1.82, 2.24) is 0 Å². The minimum absolute atomic E-state index is 0.207. The van der Waals surface area contributed by atoms with Crippen LogP contribution in [0.2, 0.25) is 0 Å². The average molecular weight is 154 g/mol. The number of ether oxygens (including phenoxy) is 2. The van der Waals surface area contributed by atoms with E-state index < -0.39 is 0 Å². The number of fused-ring (bicyclic) bond motifs is 1. The van der Waals surface area contributed by atoms with Crippen LogP contribution in [-0.4, -0.2) is 18.0 Å². The van der Waals surface area contributed by atoms with Crippen LogP contribution >= 0.6 is 0 Å². The number of rotatable bonds is 0. The first-order valence-corrected chi connectivity index (χ1v) is 4.20. The minimum atomic E-state index is -0.371. The van der Waals surface area contributed by atoms with Crippen LogP contribution in [-0.2, 0) is 9.47 Å². The van der Waals surface area contributed by atoms with E-state index in [-0.39, 0.29) is 11.9 Å². The average Bonchev–Trinajstić information content (AvgIpc) is 2.21. The van der Waals surface area contributed by atoms with E-state index in [1.165, 1.54) is 0 Å². The van der Waals surface area contributed by atoms with Crippen molar-refractivity contribution in [1.29, 1.82) is 0 Å². The molecule has 0 aromatic rings. The Morgan fingerprint density at radius 1 is 1.36 bits per heavy atom. The molecule has 2 nitrogen and oxygen atoms in total. The molecule has 0 bridgehead atoms. The van der Waals surface area contributed by atoms with Gasteiger partial charge >= 0.3 is 0 Å². The van der Waals surface area contributed by atoms with Crippen molar-refractivity contribution < 1.29 is 9.47 Å². The van der Waals surface area contributed by atoms with Crippen LogP contribution in [0.1, 0.15) is 26.7 Å². The van der Waals surface area contributed by atoms with Gasteiger partial charge in [0, 0.05) is 0 Å². The molecule has 1 fully saturated rings. The van der Waals surface area contributed by atoms with Gasteiger partial charge in [-0.3, -0.25) is 0 Å². The molecule has 0 amide bonds. The highest BCUT2D eigenvalue weighted by Crippen LogP contribution is 2.33. The second kappa shape index (κ2) is 2.32. The van der Waals surface area contributed by atoms with E-state index in [1.54, 1.807) is 0 Å². The molecule has 2 heteroatoms. The Morgan fingerprint density at radius 2 is 2.18 bits per heavy atom. The molecule has 0 N–H and O–H groups in total. The van der Waals surface area contributed by atoms with Crippen molar-refractivity contribution in [2.75, 3.05) is 0 Å². The second-order valence-corrected chi connectivity index (χ2v) is 3.64. The van der Waals surface area contributed by atoms with Crippen LogP contribution < -0.4 is 0 Å². The fourth-order valence-electron chi connectivity index (χ4n) is 1.74. The molecule has 1 saturated heterocycles. The third-order valence-electron chi connectivity index (χ3n) is 2.17. The molecule has 0 spiro atoms. The lowest BCUT2D eigenvalue weighted by atomic mass is 10.0. The van der Waals surface area contributed by atoms with Crippen LogP contribution in [0.15, 0.2) is 12.2 Å². The van der Waals surface area contributed by atoms with Gasteiger partial charge in [-0.2, -0.15) is 0 Å². The van der Waals surface area contributed by atoms with Crippen LogP contribution in [0.3, 0.4) is 0 Å². The molecule has 2 aliphatic rings. The Morgan fingerprint density at radius 3 is 2.91 bits per heavy atom. The summed E-state index contributed by atoms with van der Waals surface area (Å²) in [5, 5.41) is 0. The van der Waals surface area contributed by atoms with Crippen molar-refractivity contribution in [2.24, 2.45) is 0 Å². The topological polar surface area (TPSA) is 18.5 Å². The predicted molar refractivity (Wildman–Crippen MR) is 42.2 cm³/mol. The van der Waals surface area contributed by atoms with Gasteiger partial charge in [-0.15, -0.1) is 0 Å². The maximum absolute atomic E-state index is 5.68. The van der Waals surface area contributed by atoms with E-state index in [0.29, 0.717) is 6.10 Å². The van der Waals surface area contributed by atoms with E-state index in [0.717, 1.165) is 12.8 Å². The zero-order valence-corrected chi connectivity index (χ0v) is 7.04. The summed E-state index contributed by atoms with van der Waals surface area (Å²) in [6.45, 7) is 3.94. The molecule has 1 heterocycles. The first-order valence-electron chi connectivity index (χ1n) is 4.20. The van der Waals surface area contributed by atoms with Gasteiger partial charge < -0.3 is 9.47 Å². The lowest BCUT2D eigenvalue weighted by molar-refractivity contribution is -0.142. The highest BCUT2D eigenvalue weighted by molar-refractivity contribution is 5.02. The van der Waals surface area contributed by atoms with E-state index in [4.69, 9.17) is 9.47 Å². The first-order chi connectivity index (χ1) is 5.17. The molecule has 0 unspecified atom stereocenters. The Balaban J connectivity index is 2.12. The predicted octanol–water partition coefficient (Wildman–Crippen LogP) is 1.86.